The summed E-state index contributed by atoms with van der Waals surface area (Å²) in [5.41, 5.74) is 6.97. The minimum absolute atomic E-state index is 0. The number of nitrogens with two attached hydrogens (primary N) is 1. The molecule has 20 heavy (non-hydrogen) atoms. The van der Waals surface area contributed by atoms with Crippen LogP contribution in [-0.4, -0.2) is 25.9 Å². The van der Waals surface area contributed by atoms with E-state index in [0.29, 0.717) is 6.42 Å². The van der Waals surface area contributed by atoms with Gasteiger partial charge in [-0.15, -0.1) is 12.4 Å². The first-order valence-electron chi connectivity index (χ1n) is 6.22. The van der Waals surface area contributed by atoms with Crippen molar-refractivity contribution in [3.8, 4) is 11.5 Å². The SMILES string of the molecule is COc1cc2cccc(OC)c2cc1C(N)CCO.Cl. The van der Waals surface area contributed by atoms with Crippen LogP contribution in [0.15, 0.2) is 30.3 Å². The first kappa shape index (κ1) is 16.6. The van der Waals surface area contributed by atoms with Crippen molar-refractivity contribution in [2.24, 2.45) is 5.73 Å². The Balaban J connectivity index is 0.00000200. The van der Waals surface area contributed by atoms with Crippen LogP contribution < -0.4 is 15.2 Å². The normalized spacial score (nSPS) is 11.8. The third-order valence-corrected chi connectivity index (χ3v) is 3.25. The Labute approximate surface area is 124 Å². The van der Waals surface area contributed by atoms with Crippen LogP contribution in [0.4, 0.5) is 0 Å². The lowest BCUT2D eigenvalue weighted by atomic mass is 9.99. The average Bonchev–Trinajstić information content (AvgIpc) is 2.45. The number of aliphatic hydroxyl groups excluding tert-OH is 1. The van der Waals surface area contributed by atoms with Crippen molar-refractivity contribution in [3.05, 3.63) is 35.9 Å². The molecule has 0 aliphatic carbocycles. The molecular weight excluding hydrogens is 278 g/mol. The molecule has 0 heterocycles. The molecule has 0 saturated heterocycles. The van der Waals surface area contributed by atoms with E-state index in [1.807, 2.05) is 30.3 Å². The number of benzene rings is 2. The van der Waals surface area contributed by atoms with Crippen LogP contribution in [0.5, 0.6) is 11.5 Å². The highest BCUT2D eigenvalue weighted by Gasteiger charge is 2.14. The minimum Gasteiger partial charge on any atom is -0.496 e. The standard InChI is InChI=1S/C15H19NO3.ClH/c1-18-14-5-3-4-10-8-15(19-2)12(9-11(10)14)13(16)6-7-17;/h3-5,8-9,13,17H,6-7,16H2,1-2H3;1H. The highest BCUT2D eigenvalue weighted by molar-refractivity contribution is 5.90. The number of methoxy groups -OCH3 is 2. The van der Waals surface area contributed by atoms with Gasteiger partial charge in [0, 0.05) is 23.6 Å². The van der Waals surface area contributed by atoms with Crippen LogP contribution in [0.25, 0.3) is 10.8 Å². The van der Waals surface area contributed by atoms with E-state index >= 15 is 0 Å². The van der Waals surface area contributed by atoms with Gasteiger partial charge in [-0.05, 0) is 30.0 Å². The molecule has 2 aromatic carbocycles. The molecule has 1 unspecified atom stereocenters. The fraction of sp³-hybridized carbons (Fsp3) is 0.333. The number of fused-ring (bicyclic) bond motifs is 1. The van der Waals surface area contributed by atoms with Crippen molar-refractivity contribution in [1.82, 2.24) is 0 Å². The Morgan fingerprint density at radius 2 is 1.85 bits per heavy atom. The third-order valence-electron chi connectivity index (χ3n) is 3.25. The van der Waals surface area contributed by atoms with Gasteiger partial charge in [-0.2, -0.15) is 0 Å². The van der Waals surface area contributed by atoms with Gasteiger partial charge < -0.3 is 20.3 Å². The fourth-order valence-corrected chi connectivity index (χ4v) is 2.23. The Morgan fingerprint density at radius 1 is 1.15 bits per heavy atom. The van der Waals surface area contributed by atoms with Gasteiger partial charge in [-0.1, -0.05) is 12.1 Å². The summed E-state index contributed by atoms with van der Waals surface area (Å²) >= 11 is 0. The van der Waals surface area contributed by atoms with E-state index in [-0.39, 0.29) is 25.1 Å². The first-order chi connectivity index (χ1) is 9.21. The van der Waals surface area contributed by atoms with Gasteiger partial charge in [-0.25, -0.2) is 0 Å². The van der Waals surface area contributed by atoms with E-state index in [1.54, 1.807) is 14.2 Å². The van der Waals surface area contributed by atoms with Gasteiger partial charge in [0.15, 0.2) is 0 Å². The quantitative estimate of drug-likeness (QED) is 0.890. The molecule has 4 nitrogen and oxygen atoms in total. The maximum Gasteiger partial charge on any atom is 0.126 e. The zero-order valence-corrected chi connectivity index (χ0v) is 12.4. The second-order valence-electron chi connectivity index (χ2n) is 4.39. The topological polar surface area (TPSA) is 64.7 Å². The Kier molecular flexibility index (Phi) is 6.07. The smallest absolute Gasteiger partial charge is 0.126 e. The average molecular weight is 298 g/mol. The molecule has 5 heteroatoms. The molecule has 0 amide bonds. The van der Waals surface area contributed by atoms with E-state index in [9.17, 15) is 0 Å². The Bertz CT molecular complexity index is 574. The largest absolute Gasteiger partial charge is 0.496 e. The second kappa shape index (κ2) is 7.33. The molecule has 0 radical (unpaired) electrons. The Hall–Kier alpha value is -1.49. The van der Waals surface area contributed by atoms with E-state index in [1.165, 1.54) is 0 Å². The summed E-state index contributed by atoms with van der Waals surface area (Å²) in [6.45, 7) is 0.0499. The number of ether oxygens (including phenoxy) is 2. The maximum absolute atomic E-state index is 9.03. The van der Waals surface area contributed by atoms with E-state index in [4.69, 9.17) is 20.3 Å². The van der Waals surface area contributed by atoms with Crippen LogP contribution in [0.3, 0.4) is 0 Å². The zero-order chi connectivity index (χ0) is 13.8. The van der Waals surface area contributed by atoms with E-state index < -0.39 is 0 Å². The first-order valence-corrected chi connectivity index (χ1v) is 6.22. The molecule has 0 saturated carbocycles. The lowest BCUT2D eigenvalue weighted by Crippen LogP contribution is -2.13. The lowest BCUT2D eigenvalue weighted by molar-refractivity contribution is 0.275. The van der Waals surface area contributed by atoms with Gasteiger partial charge in [0.05, 0.1) is 14.2 Å². The van der Waals surface area contributed by atoms with Gasteiger partial charge in [0.2, 0.25) is 0 Å². The Morgan fingerprint density at radius 3 is 2.45 bits per heavy atom. The molecular formula is C15H20ClNO3. The van der Waals surface area contributed by atoms with Crippen molar-refractivity contribution in [3.63, 3.8) is 0 Å². The number of aliphatic hydroxyl groups is 1. The summed E-state index contributed by atoms with van der Waals surface area (Å²) in [6, 6.07) is 9.53. The van der Waals surface area contributed by atoms with Crippen molar-refractivity contribution < 1.29 is 14.6 Å². The number of rotatable bonds is 5. The zero-order valence-electron chi connectivity index (χ0n) is 11.6. The van der Waals surface area contributed by atoms with Crippen LogP contribution in [0.1, 0.15) is 18.0 Å². The maximum atomic E-state index is 9.03. The summed E-state index contributed by atoms with van der Waals surface area (Å²) in [4.78, 5) is 0. The predicted octanol–water partition coefficient (Wildman–Crippen LogP) is 2.66. The van der Waals surface area contributed by atoms with Gasteiger partial charge in [-0.3, -0.25) is 0 Å². The predicted molar refractivity (Wildman–Crippen MR) is 82.9 cm³/mol. The summed E-state index contributed by atoms with van der Waals surface area (Å²) in [5.74, 6) is 1.54. The highest BCUT2D eigenvalue weighted by Crippen LogP contribution is 2.34. The fourth-order valence-electron chi connectivity index (χ4n) is 2.23. The van der Waals surface area contributed by atoms with Crippen LogP contribution in [0, 0.1) is 0 Å². The van der Waals surface area contributed by atoms with Crippen molar-refractivity contribution in [1.29, 1.82) is 0 Å². The molecule has 3 N–H and O–H groups in total. The minimum atomic E-state index is -0.255. The summed E-state index contributed by atoms with van der Waals surface area (Å²) < 4.78 is 10.8. The number of hydrogen-bond donors (Lipinski definition) is 2. The molecule has 110 valence electrons. The van der Waals surface area contributed by atoms with Crippen LogP contribution in [-0.2, 0) is 0 Å². The monoisotopic (exact) mass is 297 g/mol. The van der Waals surface area contributed by atoms with Crippen molar-refractivity contribution >= 4 is 23.2 Å². The lowest BCUT2D eigenvalue weighted by Gasteiger charge is -2.17. The van der Waals surface area contributed by atoms with Gasteiger partial charge >= 0.3 is 0 Å². The van der Waals surface area contributed by atoms with E-state index in [0.717, 1.165) is 27.8 Å². The summed E-state index contributed by atoms with van der Waals surface area (Å²) in [7, 11) is 3.27. The van der Waals surface area contributed by atoms with E-state index in [2.05, 4.69) is 0 Å². The van der Waals surface area contributed by atoms with Crippen molar-refractivity contribution in [2.75, 3.05) is 20.8 Å². The molecule has 0 bridgehead atoms. The van der Waals surface area contributed by atoms with Crippen LogP contribution >= 0.6 is 12.4 Å². The molecule has 1 atom stereocenters. The highest BCUT2D eigenvalue weighted by atomic mass is 35.5. The van der Waals surface area contributed by atoms with Gasteiger partial charge in [0.1, 0.15) is 11.5 Å². The van der Waals surface area contributed by atoms with Gasteiger partial charge in [0.25, 0.3) is 0 Å². The third kappa shape index (κ3) is 3.15. The molecule has 0 aliphatic heterocycles. The van der Waals surface area contributed by atoms with Crippen LogP contribution in [0.2, 0.25) is 0 Å². The number of halogens is 1. The molecule has 0 aromatic heterocycles. The molecule has 0 fully saturated rings. The molecule has 0 spiro atoms. The molecule has 2 aromatic rings. The number of hydrogen-bond acceptors (Lipinski definition) is 4. The second-order valence-corrected chi connectivity index (χ2v) is 4.39. The summed E-state index contributed by atoms with van der Waals surface area (Å²) in [5, 5.41) is 11.1. The molecule has 2 rings (SSSR count). The summed E-state index contributed by atoms with van der Waals surface area (Å²) in [6.07, 6.45) is 0.497. The van der Waals surface area contributed by atoms with Crippen molar-refractivity contribution in [2.45, 2.75) is 12.5 Å². The molecule has 0 aliphatic rings.